The molecule has 1 radical (unpaired) electrons. The van der Waals surface area contributed by atoms with Crippen LogP contribution in [0.5, 0.6) is 0 Å². The van der Waals surface area contributed by atoms with Gasteiger partial charge in [0, 0.05) is 18.4 Å². The first-order valence-corrected chi connectivity index (χ1v) is 9.91. The van der Waals surface area contributed by atoms with Crippen LogP contribution in [0.4, 0.5) is 18.9 Å². The molecule has 7 nitrogen and oxygen atoms in total. The van der Waals surface area contributed by atoms with Gasteiger partial charge in [-0.25, -0.2) is 0 Å². The van der Waals surface area contributed by atoms with Crippen molar-refractivity contribution in [3.63, 3.8) is 0 Å². The van der Waals surface area contributed by atoms with E-state index in [0.29, 0.717) is 5.46 Å². The smallest absolute Gasteiger partial charge is 0.417 e. The van der Waals surface area contributed by atoms with Gasteiger partial charge in [-0.1, -0.05) is 0 Å². The first-order valence-electron chi connectivity index (χ1n) is 9.91. The summed E-state index contributed by atoms with van der Waals surface area (Å²) >= 11 is 0. The predicted molar refractivity (Wildman–Crippen MR) is 112 cm³/mol. The number of halogens is 3. The van der Waals surface area contributed by atoms with E-state index in [1.54, 1.807) is 33.8 Å². The van der Waals surface area contributed by atoms with E-state index in [4.69, 9.17) is 4.65 Å². The van der Waals surface area contributed by atoms with Gasteiger partial charge in [0.2, 0.25) is 0 Å². The minimum atomic E-state index is -4.67. The normalized spacial score (nSPS) is 17.2. The maximum atomic E-state index is 13.3. The highest BCUT2D eigenvalue weighted by Crippen LogP contribution is 2.35. The van der Waals surface area contributed by atoms with Gasteiger partial charge in [-0.3, -0.25) is 9.48 Å². The molecule has 0 fully saturated rings. The topological polar surface area (TPSA) is 91.4 Å². The number of fused-ring (bicyclic) bond motifs is 1. The molecule has 0 saturated heterocycles. The molecular weight excluding hydrogens is 424 g/mol. The average molecular weight is 447 g/mol. The largest absolute Gasteiger partial charge is 0.426 e. The second kappa shape index (κ2) is 7.94. The van der Waals surface area contributed by atoms with E-state index >= 15 is 0 Å². The van der Waals surface area contributed by atoms with Crippen LogP contribution in [0.1, 0.15) is 62.3 Å². The number of carbonyl (C=O) groups excluding carboxylic acids is 1. The molecule has 169 valence electrons. The molecule has 1 aromatic heterocycles. The summed E-state index contributed by atoms with van der Waals surface area (Å²) in [6.07, 6.45) is -3.21. The molecule has 0 unspecified atom stereocenters. The number of anilines is 1. The second-order valence-corrected chi connectivity index (χ2v) is 8.80. The molecule has 0 spiro atoms. The lowest BCUT2D eigenvalue weighted by Gasteiger charge is -2.37. The Hall–Kier alpha value is -2.84. The number of amides is 1. The molecular formula is C21H23BF3N4O3. The number of nitrogens with zero attached hydrogens (tertiary/aromatic N) is 4. The molecule has 1 aliphatic heterocycles. The van der Waals surface area contributed by atoms with Crippen molar-refractivity contribution in [2.75, 3.05) is 11.4 Å². The maximum Gasteiger partial charge on any atom is 0.417 e. The predicted octanol–water partition coefficient (Wildman–Crippen LogP) is 2.81. The molecule has 2 heterocycles. The molecule has 32 heavy (non-hydrogen) atoms. The van der Waals surface area contributed by atoms with Crippen molar-refractivity contribution >= 4 is 24.5 Å². The number of carbonyl (C=O) groups is 1. The zero-order chi connectivity index (χ0) is 24.1. The van der Waals surface area contributed by atoms with E-state index in [0.717, 1.165) is 12.1 Å². The molecule has 0 aliphatic carbocycles. The van der Waals surface area contributed by atoms with E-state index in [9.17, 15) is 28.3 Å². The number of nitriles is 1. The highest BCUT2D eigenvalue weighted by Gasteiger charge is 2.39. The summed E-state index contributed by atoms with van der Waals surface area (Å²) in [7, 11) is 1.35. The molecule has 1 aromatic carbocycles. The number of hydrogen-bond acceptors (Lipinski definition) is 5. The third-order valence-corrected chi connectivity index (χ3v) is 5.83. The highest BCUT2D eigenvalue weighted by molar-refractivity contribution is 6.49. The van der Waals surface area contributed by atoms with Crippen LogP contribution in [0.25, 0.3) is 0 Å². The number of benzene rings is 1. The van der Waals surface area contributed by atoms with E-state index in [-0.39, 0.29) is 24.0 Å². The van der Waals surface area contributed by atoms with Crippen molar-refractivity contribution in [3.8, 4) is 6.07 Å². The molecule has 0 bridgehead atoms. The lowest BCUT2D eigenvalue weighted by Crippen LogP contribution is -2.50. The fraction of sp³-hybridized carbons (Fsp3) is 0.476. The van der Waals surface area contributed by atoms with Gasteiger partial charge in [0.15, 0.2) is 0 Å². The highest BCUT2D eigenvalue weighted by atomic mass is 19.4. The quantitative estimate of drug-likeness (QED) is 0.712. The summed E-state index contributed by atoms with van der Waals surface area (Å²) in [5.74, 6) is -0.486. The van der Waals surface area contributed by atoms with Gasteiger partial charge in [-0.05, 0) is 58.3 Å². The van der Waals surface area contributed by atoms with Crippen LogP contribution in [-0.2, 0) is 10.8 Å². The summed E-state index contributed by atoms with van der Waals surface area (Å²) in [6, 6.07) is 4.33. The summed E-state index contributed by atoms with van der Waals surface area (Å²) in [4.78, 5) is 14.6. The fourth-order valence-corrected chi connectivity index (χ4v) is 3.19. The first-order chi connectivity index (χ1) is 14.7. The van der Waals surface area contributed by atoms with Crippen LogP contribution in [-0.4, -0.2) is 46.0 Å². The third-order valence-electron chi connectivity index (χ3n) is 5.83. The summed E-state index contributed by atoms with van der Waals surface area (Å²) in [5, 5.41) is 23.7. The van der Waals surface area contributed by atoms with Gasteiger partial charge in [0.1, 0.15) is 5.69 Å². The van der Waals surface area contributed by atoms with Gasteiger partial charge in [-0.15, -0.1) is 0 Å². The Morgan fingerprint density at radius 1 is 1.28 bits per heavy atom. The lowest BCUT2D eigenvalue weighted by atomic mass is 9.82. The van der Waals surface area contributed by atoms with Crippen molar-refractivity contribution in [2.45, 2.75) is 58.0 Å². The third kappa shape index (κ3) is 4.25. The molecule has 1 atom stereocenters. The van der Waals surface area contributed by atoms with Crippen molar-refractivity contribution in [1.82, 2.24) is 9.78 Å². The number of rotatable bonds is 5. The van der Waals surface area contributed by atoms with Gasteiger partial charge in [0.05, 0.1) is 34.4 Å². The van der Waals surface area contributed by atoms with E-state index in [1.165, 1.54) is 29.3 Å². The average Bonchev–Trinajstić information content (AvgIpc) is 3.12. The van der Waals surface area contributed by atoms with Crippen LogP contribution in [0, 0.1) is 11.3 Å². The molecule has 1 N–H and O–H groups in total. The van der Waals surface area contributed by atoms with Crippen LogP contribution in [0.15, 0.2) is 24.4 Å². The Kier molecular flexibility index (Phi) is 5.91. The van der Waals surface area contributed by atoms with E-state index < -0.39 is 34.4 Å². The van der Waals surface area contributed by atoms with Gasteiger partial charge < -0.3 is 14.7 Å². The van der Waals surface area contributed by atoms with Gasteiger partial charge >= 0.3 is 13.7 Å². The monoisotopic (exact) mass is 447 g/mol. The standard InChI is InChI=1S/C21H23BF3N4O3/c1-12-11-28(14-6-7-15(21(23,24)25)13(8-14)9-26)18(30)17-16(10-27-29(12)17)22-32-20(4,5)19(2,3)31/h6-8,10,12,31H,11H2,1-5H3/t12-/m0/s1. The van der Waals surface area contributed by atoms with Crippen molar-refractivity contribution < 1.29 is 27.7 Å². The number of hydrogen-bond donors (Lipinski definition) is 1. The van der Waals surface area contributed by atoms with Crippen molar-refractivity contribution in [2.24, 2.45) is 0 Å². The molecule has 3 rings (SSSR count). The maximum absolute atomic E-state index is 13.3. The SMILES string of the molecule is C[C@H]1CN(c2ccc(C(F)(F)F)c(C#N)c2)C(=O)c2c([B]OC(C)(C)C(C)(C)O)cnn21. The minimum Gasteiger partial charge on any atom is -0.426 e. The van der Waals surface area contributed by atoms with Gasteiger partial charge in [-0.2, -0.15) is 23.5 Å². The van der Waals surface area contributed by atoms with Crippen LogP contribution in [0.2, 0.25) is 0 Å². The zero-order valence-electron chi connectivity index (χ0n) is 18.4. The van der Waals surface area contributed by atoms with E-state index in [2.05, 4.69) is 5.10 Å². The molecule has 1 aliphatic rings. The first kappa shape index (κ1) is 23.8. The Morgan fingerprint density at radius 3 is 2.50 bits per heavy atom. The number of alkyl halides is 3. The van der Waals surface area contributed by atoms with Crippen LogP contribution < -0.4 is 10.4 Å². The second-order valence-electron chi connectivity index (χ2n) is 8.80. The summed E-state index contributed by atoms with van der Waals surface area (Å²) in [5.41, 5.74) is -3.00. The summed E-state index contributed by atoms with van der Waals surface area (Å²) < 4.78 is 46.7. The summed E-state index contributed by atoms with van der Waals surface area (Å²) in [6.45, 7) is 8.57. The van der Waals surface area contributed by atoms with Crippen molar-refractivity contribution in [3.05, 3.63) is 41.2 Å². The van der Waals surface area contributed by atoms with Gasteiger partial charge in [0.25, 0.3) is 5.91 Å². The Labute approximate surface area is 184 Å². The molecule has 1 amide bonds. The van der Waals surface area contributed by atoms with Crippen molar-refractivity contribution in [1.29, 1.82) is 5.26 Å². The minimum absolute atomic E-state index is 0.166. The van der Waals surface area contributed by atoms with E-state index in [1.807, 2.05) is 6.92 Å². The number of aromatic nitrogens is 2. The molecule has 0 saturated carbocycles. The Bertz CT molecular complexity index is 1080. The molecule has 11 heteroatoms. The number of aliphatic hydroxyl groups is 1. The van der Waals surface area contributed by atoms with Crippen LogP contribution >= 0.6 is 0 Å². The molecule has 2 aromatic rings. The van der Waals surface area contributed by atoms with Crippen LogP contribution in [0.3, 0.4) is 0 Å². The fourth-order valence-electron chi connectivity index (χ4n) is 3.19. The Morgan fingerprint density at radius 2 is 1.94 bits per heavy atom. The zero-order valence-corrected chi connectivity index (χ0v) is 18.4. The Balaban J connectivity index is 1.95. The lowest BCUT2D eigenvalue weighted by molar-refractivity contribution is -0.137.